The molecule has 0 saturated carbocycles. The molecule has 0 aliphatic carbocycles. The number of nitrogens with one attached hydrogen (secondary N) is 2. The molecule has 4 N–H and O–H groups in total. The molecule has 0 fully saturated rings. The molecule has 1 aromatic rings. The van der Waals surface area contributed by atoms with E-state index < -0.39 is 0 Å². The van der Waals surface area contributed by atoms with E-state index in [1.54, 1.807) is 0 Å². The quantitative estimate of drug-likeness (QED) is 0.599. The van der Waals surface area contributed by atoms with Crippen molar-refractivity contribution >= 4 is 5.91 Å². The molecule has 2 atom stereocenters. The molecule has 0 radical (unpaired) electrons. The van der Waals surface area contributed by atoms with Crippen molar-refractivity contribution in [3.63, 3.8) is 0 Å². The third-order valence-corrected chi connectivity index (χ3v) is 3.39. The summed E-state index contributed by atoms with van der Waals surface area (Å²) in [6, 6.07) is 10.2. The molecule has 1 aromatic carbocycles. The minimum atomic E-state index is -0.125. The number of likely N-dealkylation sites (N-methyl/N-ethyl adjacent to an activating group) is 1. The molecule has 0 spiro atoms. The van der Waals surface area contributed by atoms with E-state index in [0.717, 1.165) is 25.7 Å². The number of benzene rings is 1. The van der Waals surface area contributed by atoms with Crippen molar-refractivity contribution in [3.05, 3.63) is 35.9 Å². The molecule has 1 amide bonds. The molecule has 0 aliphatic heterocycles. The predicted octanol–water partition coefficient (Wildman–Crippen LogP) is 1.45. The minimum absolute atomic E-state index is 0.0768. The van der Waals surface area contributed by atoms with Crippen LogP contribution in [0.2, 0.25) is 0 Å². The molecule has 0 bridgehead atoms. The molecule has 0 saturated heterocycles. The largest absolute Gasteiger partial charge is 0.352 e. The molecule has 0 heterocycles. The van der Waals surface area contributed by atoms with Crippen molar-refractivity contribution in [1.82, 2.24) is 10.6 Å². The van der Waals surface area contributed by atoms with Crippen molar-refractivity contribution in [2.24, 2.45) is 5.73 Å². The maximum Gasteiger partial charge on any atom is 0.237 e. The van der Waals surface area contributed by atoms with Gasteiger partial charge >= 0.3 is 0 Å². The fourth-order valence-corrected chi connectivity index (χ4v) is 2.26. The molecule has 0 aliphatic rings. The first-order valence-electron chi connectivity index (χ1n) is 7.39. The summed E-state index contributed by atoms with van der Waals surface area (Å²) in [5.74, 6) is 0.0768. The molecule has 1 rings (SSSR count). The van der Waals surface area contributed by atoms with Crippen LogP contribution < -0.4 is 16.4 Å². The molecule has 0 aromatic heterocycles. The normalized spacial score (nSPS) is 13.8. The minimum Gasteiger partial charge on any atom is -0.352 e. The van der Waals surface area contributed by atoms with Crippen LogP contribution in [0, 0.1) is 0 Å². The number of carbonyl (C=O) groups excluding carboxylic acids is 1. The van der Waals surface area contributed by atoms with Gasteiger partial charge in [0, 0.05) is 6.04 Å². The summed E-state index contributed by atoms with van der Waals surface area (Å²) in [6.07, 6.45) is 3.62. The molecule has 0 unspecified atom stereocenters. The lowest BCUT2D eigenvalue weighted by Gasteiger charge is -2.20. The lowest BCUT2D eigenvalue weighted by molar-refractivity contribution is -0.123. The third-order valence-electron chi connectivity index (χ3n) is 3.39. The number of hydrogen-bond donors (Lipinski definition) is 3. The first-order valence-corrected chi connectivity index (χ1v) is 7.39. The lowest BCUT2D eigenvalue weighted by Crippen LogP contribution is -2.46. The van der Waals surface area contributed by atoms with Gasteiger partial charge in [-0.05, 0) is 45.3 Å². The Balaban J connectivity index is 2.39. The Kier molecular flexibility index (Phi) is 7.92. The Labute approximate surface area is 122 Å². The van der Waals surface area contributed by atoms with Gasteiger partial charge in [-0.15, -0.1) is 0 Å². The second-order valence-electron chi connectivity index (χ2n) is 5.23. The van der Waals surface area contributed by atoms with Crippen molar-refractivity contribution in [2.45, 2.75) is 44.7 Å². The second-order valence-corrected chi connectivity index (χ2v) is 5.23. The van der Waals surface area contributed by atoms with E-state index >= 15 is 0 Å². The highest BCUT2D eigenvalue weighted by Gasteiger charge is 2.17. The fraction of sp³-hybridized carbons (Fsp3) is 0.562. The zero-order chi connectivity index (χ0) is 14.8. The Hall–Kier alpha value is -1.39. The van der Waals surface area contributed by atoms with Crippen LogP contribution in [0.4, 0.5) is 0 Å². The number of unbranched alkanes of at least 4 members (excludes halogenated alkanes) is 1. The van der Waals surface area contributed by atoms with Gasteiger partial charge < -0.3 is 16.4 Å². The van der Waals surface area contributed by atoms with E-state index in [1.165, 1.54) is 5.56 Å². The number of hydrogen-bond acceptors (Lipinski definition) is 3. The molecule has 4 heteroatoms. The van der Waals surface area contributed by atoms with Crippen molar-refractivity contribution in [1.29, 1.82) is 0 Å². The zero-order valence-corrected chi connectivity index (χ0v) is 12.6. The predicted molar refractivity (Wildman–Crippen MR) is 83.5 cm³/mol. The van der Waals surface area contributed by atoms with E-state index in [9.17, 15) is 4.79 Å². The SMILES string of the molecule is CN[C@H](CCCCN)C(=O)N[C@@H](C)Cc1ccccc1. The summed E-state index contributed by atoms with van der Waals surface area (Å²) in [5, 5.41) is 6.15. The molecular formula is C16H27N3O. The van der Waals surface area contributed by atoms with Gasteiger partial charge in [-0.3, -0.25) is 4.79 Å². The van der Waals surface area contributed by atoms with Gasteiger partial charge in [-0.25, -0.2) is 0 Å². The maximum absolute atomic E-state index is 12.2. The van der Waals surface area contributed by atoms with Gasteiger partial charge in [0.05, 0.1) is 6.04 Å². The first-order chi connectivity index (χ1) is 9.67. The van der Waals surface area contributed by atoms with E-state index in [-0.39, 0.29) is 18.0 Å². The van der Waals surface area contributed by atoms with Crippen molar-refractivity contribution in [2.75, 3.05) is 13.6 Å². The van der Waals surface area contributed by atoms with E-state index in [4.69, 9.17) is 5.73 Å². The zero-order valence-electron chi connectivity index (χ0n) is 12.6. The van der Waals surface area contributed by atoms with Gasteiger partial charge in [-0.1, -0.05) is 36.8 Å². The molecule has 20 heavy (non-hydrogen) atoms. The van der Waals surface area contributed by atoms with Gasteiger partial charge in [0.1, 0.15) is 0 Å². The van der Waals surface area contributed by atoms with Crippen LogP contribution in [0.3, 0.4) is 0 Å². The van der Waals surface area contributed by atoms with Crippen LogP contribution in [-0.2, 0) is 11.2 Å². The Morgan fingerprint density at radius 3 is 2.55 bits per heavy atom. The number of nitrogens with two attached hydrogens (primary N) is 1. The van der Waals surface area contributed by atoms with E-state index in [2.05, 4.69) is 22.8 Å². The summed E-state index contributed by atoms with van der Waals surface area (Å²) in [6.45, 7) is 2.72. The van der Waals surface area contributed by atoms with E-state index in [0.29, 0.717) is 6.54 Å². The van der Waals surface area contributed by atoms with Crippen LogP contribution in [0.25, 0.3) is 0 Å². The van der Waals surface area contributed by atoms with Gasteiger partial charge in [-0.2, -0.15) is 0 Å². The summed E-state index contributed by atoms with van der Waals surface area (Å²) >= 11 is 0. The van der Waals surface area contributed by atoms with Gasteiger partial charge in [0.15, 0.2) is 0 Å². The van der Waals surface area contributed by atoms with Gasteiger partial charge in [0.25, 0.3) is 0 Å². The third kappa shape index (κ3) is 6.17. The van der Waals surface area contributed by atoms with Crippen LogP contribution in [0.5, 0.6) is 0 Å². The lowest BCUT2D eigenvalue weighted by atomic mass is 10.1. The summed E-state index contributed by atoms with van der Waals surface area (Å²) in [7, 11) is 1.83. The first kappa shape index (κ1) is 16.7. The Bertz CT molecular complexity index is 381. The molecular weight excluding hydrogens is 250 g/mol. The van der Waals surface area contributed by atoms with Crippen LogP contribution in [0.15, 0.2) is 30.3 Å². The topological polar surface area (TPSA) is 67.1 Å². The molecule has 112 valence electrons. The Morgan fingerprint density at radius 1 is 1.25 bits per heavy atom. The summed E-state index contributed by atoms with van der Waals surface area (Å²) in [4.78, 5) is 12.2. The van der Waals surface area contributed by atoms with Crippen LogP contribution in [0.1, 0.15) is 31.7 Å². The molecule has 4 nitrogen and oxygen atoms in total. The number of rotatable bonds is 9. The number of carbonyl (C=O) groups is 1. The average Bonchev–Trinajstić information content (AvgIpc) is 2.44. The number of amides is 1. The summed E-state index contributed by atoms with van der Waals surface area (Å²) in [5.41, 5.74) is 6.72. The fourth-order valence-electron chi connectivity index (χ4n) is 2.26. The Morgan fingerprint density at radius 2 is 1.95 bits per heavy atom. The van der Waals surface area contributed by atoms with Crippen molar-refractivity contribution < 1.29 is 4.79 Å². The summed E-state index contributed by atoms with van der Waals surface area (Å²) < 4.78 is 0. The smallest absolute Gasteiger partial charge is 0.237 e. The van der Waals surface area contributed by atoms with Gasteiger partial charge in [0.2, 0.25) is 5.91 Å². The average molecular weight is 277 g/mol. The monoisotopic (exact) mass is 277 g/mol. The van der Waals surface area contributed by atoms with Crippen LogP contribution in [-0.4, -0.2) is 31.6 Å². The van der Waals surface area contributed by atoms with Crippen LogP contribution >= 0.6 is 0 Å². The highest BCUT2D eigenvalue weighted by Crippen LogP contribution is 2.04. The van der Waals surface area contributed by atoms with Crippen molar-refractivity contribution in [3.8, 4) is 0 Å². The highest BCUT2D eigenvalue weighted by molar-refractivity contribution is 5.81. The highest BCUT2D eigenvalue weighted by atomic mass is 16.2. The second kappa shape index (κ2) is 9.50. The standard InChI is InChI=1S/C16H27N3O/c1-13(12-14-8-4-3-5-9-14)19-16(20)15(18-2)10-6-7-11-17/h3-5,8-9,13,15,18H,6-7,10-12,17H2,1-2H3,(H,19,20)/t13-,15+/m0/s1. The van der Waals surface area contributed by atoms with E-state index in [1.807, 2.05) is 32.2 Å². The maximum atomic E-state index is 12.2.